The van der Waals surface area contributed by atoms with E-state index in [0.29, 0.717) is 14.7 Å². The monoisotopic (exact) mass is 390 g/mol. The van der Waals surface area contributed by atoms with Crippen molar-refractivity contribution < 1.29 is 21.3 Å². The van der Waals surface area contributed by atoms with Gasteiger partial charge in [-0.25, -0.2) is 0 Å². The minimum Gasteiger partial charge on any atom is -0.508 e. The maximum absolute atomic E-state index is 12.3. The molecule has 0 aliphatic rings. The number of aromatic hydroxyl groups is 1. The van der Waals surface area contributed by atoms with E-state index < -0.39 is 20.7 Å². The number of hydrogen-bond donors (Lipinski definition) is 1. The molecule has 0 bridgehead atoms. The third-order valence-electron chi connectivity index (χ3n) is 3.71. The number of hydrogen-bond acceptors (Lipinski definition) is 5. The van der Waals surface area contributed by atoms with Crippen LogP contribution < -0.4 is 0 Å². The van der Waals surface area contributed by atoms with Gasteiger partial charge in [-0.15, -0.1) is 0 Å². The summed E-state index contributed by atoms with van der Waals surface area (Å²) >= 11 is 0. The lowest BCUT2D eigenvalue weighted by atomic mass is 10.3. The fourth-order valence-corrected chi connectivity index (χ4v) is 7.12. The van der Waals surface area contributed by atoms with Crippen LogP contribution in [0.5, 0.6) is 5.75 Å². The molecule has 0 heterocycles. The van der Waals surface area contributed by atoms with Gasteiger partial charge in [0.05, 0.1) is 7.11 Å². The van der Waals surface area contributed by atoms with Gasteiger partial charge in [-0.3, -0.25) is 4.18 Å². The molecule has 0 aliphatic carbocycles. The molecule has 5 nitrogen and oxygen atoms in total. The molecule has 0 saturated heterocycles. The second kappa shape index (κ2) is 7.51. The summed E-state index contributed by atoms with van der Waals surface area (Å²) in [5, 5.41) is 9.67. The summed E-state index contributed by atoms with van der Waals surface area (Å²) in [6.45, 7) is 0. The Morgan fingerprint density at radius 1 is 0.692 bits per heavy atom. The van der Waals surface area contributed by atoms with Gasteiger partial charge in [-0.2, -0.15) is 12.0 Å². The first-order valence-electron chi connectivity index (χ1n) is 7.72. The Kier molecular flexibility index (Phi) is 5.33. The maximum atomic E-state index is 12.3. The Balaban J connectivity index is 2.36. The van der Waals surface area contributed by atoms with Crippen LogP contribution in [0.25, 0.3) is 0 Å². The predicted molar refractivity (Wildman–Crippen MR) is 100 cm³/mol. The van der Waals surface area contributed by atoms with E-state index in [0.717, 1.165) is 7.11 Å². The van der Waals surface area contributed by atoms with Crippen molar-refractivity contribution in [3.63, 3.8) is 0 Å². The second-order valence-corrected chi connectivity index (χ2v) is 9.54. The Labute approximate surface area is 154 Å². The molecule has 0 spiro atoms. The quantitative estimate of drug-likeness (QED) is 0.671. The average molecular weight is 390 g/mol. The van der Waals surface area contributed by atoms with E-state index in [1.165, 1.54) is 12.1 Å². The number of rotatable bonds is 6. The van der Waals surface area contributed by atoms with Gasteiger partial charge in [0.15, 0.2) is 0 Å². The molecule has 0 saturated carbocycles. The van der Waals surface area contributed by atoms with Gasteiger partial charge in [-0.1, -0.05) is 36.4 Å². The van der Waals surface area contributed by atoms with Gasteiger partial charge in [0.25, 0.3) is 0 Å². The largest absolute Gasteiger partial charge is 0.508 e. The molecule has 7 heteroatoms. The molecule has 3 aromatic rings. The van der Waals surface area contributed by atoms with E-state index in [1.807, 2.05) is 60.7 Å². The smallest absolute Gasteiger partial charge is 0.409 e. The SMILES string of the molecule is COS(=O)(=O)OS(c1ccccc1)(c1ccccc1)c1ccc(O)cc1. The number of phenolic OH excluding ortho intramolecular Hbond substituents is 1. The summed E-state index contributed by atoms with van der Waals surface area (Å²) < 4.78 is 35.0. The van der Waals surface area contributed by atoms with Crippen molar-refractivity contribution in [3.05, 3.63) is 84.9 Å². The van der Waals surface area contributed by atoms with Crippen LogP contribution >= 0.6 is 10.3 Å². The molecular formula is C19H18O5S2. The summed E-state index contributed by atoms with van der Waals surface area (Å²) in [7, 11) is -5.84. The first-order chi connectivity index (χ1) is 12.5. The summed E-state index contributed by atoms with van der Waals surface area (Å²) in [5.74, 6) is 0.0813. The van der Waals surface area contributed by atoms with Gasteiger partial charge >= 0.3 is 10.4 Å². The Morgan fingerprint density at radius 3 is 1.54 bits per heavy atom. The number of benzene rings is 3. The molecule has 0 aromatic heterocycles. The molecule has 26 heavy (non-hydrogen) atoms. The fourth-order valence-electron chi connectivity index (χ4n) is 2.54. The normalized spacial score (nSPS) is 12.7. The maximum Gasteiger partial charge on any atom is 0.409 e. The van der Waals surface area contributed by atoms with Crippen LogP contribution in [0.15, 0.2) is 99.6 Å². The molecule has 0 atom stereocenters. The molecule has 0 fully saturated rings. The Morgan fingerprint density at radius 2 is 1.12 bits per heavy atom. The van der Waals surface area contributed by atoms with Crippen LogP contribution in [-0.2, 0) is 18.2 Å². The van der Waals surface area contributed by atoms with Gasteiger partial charge in [-0.05, 0) is 58.8 Å². The van der Waals surface area contributed by atoms with Crippen LogP contribution in [-0.4, -0.2) is 20.6 Å². The molecule has 3 rings (SSSR count). The Bertz CT molecular complexity index is 916. The van der Waals surface area contributed by atoms with Crippen LogP contribution in [0.4, 0.5) is 0 Å². The summed E-state index contributed by atoms with van der Waals surface area (Å²) in [4.78, 5) is 2.00. The van der Waals surface area contributed by atoms with Crippen molar-refractivity contribution >= 4 is 20.7 Å². The van der Waals surface area contributed by atoms with Gasteiger partial charge in [0, 0.05) is 14.7 Å². The lowest BCUT2D eigenvalue weighted by Gasteiger charge is -2.38. The molecule has 3 aromatic carbocycles. The highest BCUT2D eigenvalue weighted by atomic mass is 32.3. The van der Waals surface area contributed by atoms with Crippen molar-refractivity contribution in [2.45, 2.75) is 14.7 Å². The zero-order valence-electron chi connectivity index (χ0n) is 14.0. The highest BCUT2D eigenvalue weighted by Crippen LogP contribution is 2.69. The zero-order valence-corrected chi connectivity index (χ0v) is 15.6. The van der Waals surface area contributed by atoms with E-state index in [-0.39, 0.29) is 5.75 Å². The van der Waals surface area contributed by atoms with Crippen LogP contribution in [0.2, 0.25) is 0 Å². The van der Waals surface area contributed by atoms with E-state index in [1.54, 1.807) is 12.1 Å². The average Bonchev–Trinajstić information content (AvgIpc) is 2.68. The van der Waals surface area contributed by atoms with Crippen molar-refractivity contribution in [1.82, 2.24) is 0 Å². The highest BCUT2D eigenvalue weighted by Gasteiger charge is 2.37. The van der Waals surface area contributed by atoms with Crippen molar-refractivity contribution in [3.8, 4) is 5.75 Å². The minimum absolute atomic E-state index is 0.0813. The predicted octanol–water partition coefficient (Wildman–Crippen LogP) is 4.50. The molecule has 0 aliphatic heterocycles. The topological polar surface area (TPSA) is 72.8 Å². The highest BCUT2D eigenvalue weighted by molar-refractivity contribution is 8.32. The van der Waals surface area contributed by atoms with E-state index in [2.05, 4.69) is 4.18 Å². The molecule has 0 amide bonds. The van der Waals surface area contributed by atoms with Crippen molar-refractivity contribution in [2.75, 3.05) is 7.11 Å². The van der Waals surface area contributed by atoms with Crippen molar-refractivity contribution in [1.29, 1.82) is 0 Å². The third-order valence-corrected chi connectivity index (χ3v) is 8.41. The van der Waals surface area contributed by atoms with E-state index in [4.69, 9.17) is 3.63 Å². The lowest BCUT2D eigenvalue weighted by Crippen LogP contribution is -2.15. The minimum atomic E-state index is -4.26. The van der Waals surface area contributed by atoms with Crippen LogP contribution in [0.3, 0.4) is 0 Å². The van der Waals surface area contributed by atoms with E-state index >= 15 is 0 Å². The molecule has 1 N–H and O–H groups in total. The summed E-state index contributed by atoms with van der Waals surface area (Å²) in [5.41, 5.74) is 0. The van der Waals surface area contributed by atoms with Gasteiger partial charge in [0.1, 0.15) is 5.75 Å². The fraction of sp³-hybridized carbons (Fsp3) is 0.0526. The zero-order chi connectivity index (χ0) is 18.6. The van der Waals surface area contributed by atoms with Crippen molar-refractivity contribution in [2.24, 2.45) is 0 Å². The molecule has 0 unspecified atom stereocenters. The van der Waals surface area contributed by atoms with Gasteiger partial charge in [0.2, 0.25) is 0 Å². The lowest BCUT2D eigenvalue weighted by molar-refractivity contribution is 0.339. The molecule has 136 valence electrons. The summed E-state index contributed by atoms with van der Waals surface area (Å²) in [6, 6.07) is 24.6. The first-order valence-corrected chi connectivity index (χ1v) is 10.6. The second-order valence-electron chi connectivity index (χ2n) is 5.32. The molecular weight excluding hydrogens is 372 g/mol. The Hall–Kier alpha value is -2.32. The van der Waals surface area contributed by atoms with Crippen LogP contribution in [0.1, 0.15) is 0 Å². The molecule has 0 radical (unpaired) electrons. The number of phenols is 1. The third kappa shape index (κ3) is 3.61. The summed E-state index contributed by atoms with van der Waals surface area (Å²) in [6.07, 6.45) is 0. The van der Waals surface area contributed by atoms with Gasteiger partial charge < -0.3 is 5.11 Å². The first kappa shape index (κ1) is 18.5. The van der Waals surface area contributed by atoms with Crippen LogP contribution in [0, 0.1) is 0 Å². The van der Waals surface area contributed by atoms with E-state index in [9.17, 15) is 13.5 Å². The standard InChI is InChI=1S/C19H18O5S2/c1-23-26(21,22)24-25(17-8-4-2-5-9-17,18-10-6-3-7-11-18)19-14-12-16(20)13-15-19/h2-15,20H,1H3.